The van der Waals surface area contributed by atoms with Gasteiger partial charge in [0.15, 0.2) is 9.84 Å². The number of fused-ring (bicyclic) bond motifs is 2. The van der Waals surface area contributed by atoms with Crippen LogP contribution in [0.4, 0.5) is 0 Å². The molecular formula is C23H23N5O4S. The van der Waals surface area contributed by atoms with Gasteiger partial charge in [0.1, 0.15) is 11.3 Å². The van der Waals surface area contributed by atoms with E-state index in [1.165, 1.54) is 18.3 Å². The summed E-state index contributed by atoms with van der Waals surface area (Å²) >= 11 is 0. The molecule has 1 aliphatic rings. The van der Waals surface area contributed by atoms with Crippen LogP contribution in [-0.2, 0) is 9.84 Å². The lowest BCUT2D eigenvalue weighted by atomic mass is 9.82. The van der Waals surface area contributed by atoms with Crippen molar-refractivity contribution in [2.45, 2.75) is 42.5 Å². The van der Waals surface area contributed by atoms with Gasteiger partial charge in [-0.1, -0.05) is 18.2 Å². The Bertz CT molecular complexity index is 1530. The Morgan fingerprint density at radius 1 is 1.12 bits per heavy atom. The number of nitrogens with one attached hydrogen (secondary N) is 2. The minimum Gasteiger partial charge on any atom is -0.348 e. The van der Waals surface area contributed by atoms with E-state index in [2.05, 4.69) is 20.5 Å². The molecule has 1 aromatic carbocycles. The molecule has 0 bridgehead atoms. The van der Waals surface area contributed by atoms with Crippen LogP contribution in [0.5, 0.6) is 0 Å². The number of sulfone groups is 1. The van der Waals surface area contributed by atoms with E-state index in [1.54, 1.807) is 16.7 Å². The van der Waals surface area contributed by atoms with Gasteiger partial charge in [-0.15, -0.1) is 0 Å². The molecule has 1 aliphatic carbocycles. The van der Waals surface area contributed by atoms with Crippen molar-refractivity contribution in [1.29, 1.82) is 0 Å². The first kappa shape index (κ1) is 21.3. The molecule has 0 saturated heterocycles. The lowest BCUT2D eigenvalue weighted by molar-refractivity contribution is 0.0919. The number of carbonyl (C=O) groups is 1. The van der Waals surface area contributed by atoms with Crippen LogP contribution in [0.3, 0.4) is 0 Å². The number of rotatable bonds is 4. The maximum Gasteiger partial charge on any atom is 0.272 e. The van der Waals surface area contributed by atoms with Crippen molar-refractivity contribution in [3.8, 4) is 0 Å². The molecule has 9 nitrogen and oxygen atoms in total. The fourth-order valence-electron chi connectivity index (χ4n) is 4.58. The number of benzene rings is 1. The summed E-state index contributed by atoms with van der Waals surface area (Å²) in [6.45, 7) is 0. The molecule has 0 radical (unpaired) electrons. The largest absolute Gasteiger partial charge is 0.348 e. The van der Waals surface area contributed by atoms with Crippen LogP contribution < -0.4 is 10.9 Å². The Morgan fingerprint density at radius 2 is 1.85 bits per heavy atom. The predicted molar refractivity (Wildman–Crippen MR) is 123 cm³/mol. The minimum absolute atomic E-state index is 0.0172. The van der Waals surface area contributed by atoms with Crippen LogP contribution >= 0.6 is 0 Å². The predicted octanol–water partition coefficient (Wildman–Crippen LogP) is 2.43. The molecule has 33 heavy (non-hydrogen) atoms. The number of nitrogens with zero attached hydrogens (tertiary/aromatic N) is 3. The zero-order chi connectivity index (χ0) is 23.2. The highest BCUT2D eigenvalue weighted by molar-refractivity contribution is 7.90. The lowest BCUT2D eigenvalue weighted by Gasteiger charge is -2.29. The summed E-state index contributed by atoms with van der Waals surface area (Å²) in [7, 11) is -3.35. The number of imidazole rings is 1. The average molecular weight is 466 g/mol. The standard InChI is InChI=1S/C23H23N5O4S/c1-33(31,32)16-10-11-28-19(13-24-20(28)12-16)23(30)25-15-8-6-14(7-9-15)21-17-4-2-3-5-18(17)22(29)27-26-21/h2-5,10-15H,6-9H2,1H3,(H,25,30)(H,27,29). The number of aromatic amines is 1. The topological polar surface area (TPSA) is 126 Å². The fourth-order valence-corrected chi connectivity index (χ4v) is 5.21. The maximum atomic E-state index is 12.9. The summed E-state index contributed by atoms with van der Waals surface area (Å²) < 4.78 is 25.1. The molecule has 1 saturated carbocycles. The van der Waals surface area contributed by atoms with Gasteiger partial charge in [-0.05, 0) is 37.8 Å². The van der Waals surface area contributed by atoms with Gasteiger partial charge in [-0.25, -0.2) is 18.5 Å². The van der Waals surface area contributed by atoms with Crippen LogP contribution in [0, 0.1) is 0 Å². The van der Waals surface area contributed by atoms with Gasteiger partial charge in [0.2, 0.25) is 0 Å². The van der Waals surface area contributed by atoms with Crippen LogP contribution in [0.2, 0.25) is 0 Å². The van der Waals surface area contributed by atoms with Crippen LogP contribution in [-0.4, -0.2) is 46.2 Å². The molecule has 0 aliphatic heterocycles. The normalized spacial score (nSPS) is 19.1. The highest BCUT2D eigenvalue weighted by atomic mass is 32.2. The molecule has 1 amide bonds. The second-order valence-corrected chi connectivity index (χ2v) is 10.5. The number of aromatic nitrogens is 4. The Morgan fingerprint density at radius 3 is 2.58 bits per heavy atom. The number of hydrogen-bond donors (Lipinski definition) is 2. The Kier molecular flexibility index (Phi) is 5.24. The van der Waals surface area contributed by atoms with Gasteiger partial charge in [0.05, 0.1) is 22.2 Å². The van der Waals surface area contributed by atoms with Crippen molar-refractivity contribution in [3.63, 3.8) is 0 Å². The van der Waals surface area contributed by atoms with Crippen molar-refractivity contribution in [2.75, 3.05) is 6.26 Å². The van der Waals surface area contributed by atoms with E-state index in [-0.39, 0.29) is 28.3 Å². The van der Waals surface area contributed by atoms with Gasteiger partial charge in [-0.2, -0.15) is 5.10 Å². The van der Waals surface area contributed by atoms with E-state index in [0.29, 0.717) is 16.7 Å². The molecule has 3 heterocycles. The zero-order valence-electron chi connectivity index (χ0n) is 18.0. The number of hydrogen-bond acceptors (Lipinski definition) is 6. The summed E-state index contributed by atoms with van der Waals surface area (Å²) in [6.07, 6.45) is 7.42. The minimum atomic E-state index is -3.35. The van der Waals surface area contributed by atoms with E-state index in [4.69, 9.17) is 0 Å². The smallest absolute Gasteiger partial charge is 0.272 e. The van der Waals surface area contributed by atoms with E-state index in [9.17, 15) is 18.0 Å². The SMILES string of the molecule is CS(=O)(=O)c1ccn2c(C(=O)NC3CCC(c4n[nH]c(=O)c5ccccc45)CC3)cnc2c1. The quantitative estimate of drug-likeness (QED) is 0.477. The molecule has 0 spiro atoms. The first-order valence-corrected chi connectivity index (χ1v) is 12.7. The van der Waals surface area contributed by atoms with Crippen molar-refractivity contribution in [2.24, 2.45) is 0 Å². The lowest BCUT2D eigenvalue weighted by Crippen LogP contribution is -2.38. The monoisotopic (exact) mass is 465 g/mol. The highest BCUT2D eigenvalue weighted by Crippen LogP contribution is 2.34. The third-order valence-electron chi connectivity index (χ3n) is 6.32. The van der Waals surface area contributed by atoms with Crippen LogP contribution in [0.25, 0.3) is 16.4 Å². The molecule has 5 rings (SSSR count). The molecule has 10 heteroatoms. The summed E-state index contributed by atoms with van der Waals surface area (Å²) in [5.41, 5.74) is 1.48. The van der Waals surface area contributed by atoms with Gasteiger partial charge in [0, 0.05) is 35.9 Å². The number of pyridine rings is 1. The van der Waals surface area contributed by atoms with Crippen LogP contribution in [0.15, 0.2) is 58.5 Å². The molecule has 0 atom stereocenters. The molecule has 3 aromatic heterocycles. The van der Waals surface area contributed by atoms with Crippen molar-refractivity contribution in [1.82, 2.24) is 24.9 Å². The Hall–Kier alpha value is -3.53. The number of H-pyrrole nitrogens is 1. The summed E-state index contributed by atoms with van der Waals surface area (Å²) in [4.78, 5) is 29.3. The van der Waals surface area contributed by atoms with Gasteiger partial charge in [-0.3, -0.25) is 14.0 Å². The second kappa shape index (κ2) is 8.11. The van der Waals surface area contributed by atoms with Gasteiger partial charge in [0.25, 0.3) is 11.5 Å². The van der Waals surface area contributed by atoms with Crippen molar-refractivity contribution < 1.29 is 13.2 Å². The zero-order valence-corrected chi connectivity index (χ0v) is 18.8. The van der Waals surface area contributed by atoms with E-state index < -0.39 is 9.84 Å². The summed E-state index contributed by atoms with van der Waals surface area (Å²) in [6, 6.07) is 10.4. The molecule has 2 N–H and O–H groups in total. The third-order valence-corrected chi connectivity index (χ3v) is 7.43. The molecule has 4 aromatic rings. The van der Waals surface area contributed by atoms with E-state index in [1.807, 2.05) is 18.2 Å². The average Bonchev–Trinajstić information content (AvgIpc) is 3.23. The van der Waals surface area contributed by atoms with Crippen molar-refractivity contribution in [3.05, 3.63) is 70.5 Å². The second-order valence-electron chi connectivity index (χ2n) is 8.51. The van der Waals surface area contributed by atoms with Gasteiger partial charge >= 0.3 is 0 Å². The first-order chi connectivity index (χ1) is 15.8. The maximum absolute atomic E-state index is 12.9. The molecular weight excluding hydrogens is 442 g/mol. The highest BCUT2D eigenvalue weighted by Gasteiger charge is 2.27. The summed E-state index contributed by atoms with van der Waals surface area (Å²) in [5, 5.41) is 11.6. The number of carbonyl (C=O) groups excluding carboxylic acids is 1. The molecule has 170 valence electrons. The number of amides is 1. The van der Waals surface area contributed by atoms with Gasteiger partial charge < -0.3 is 5.32 Å². The Labute approximate surface area is 189 Å². The first-order valence-electron chi connectivity index (χ1n) is 10.8. The molecule has 1 fully saturated rings. The van der Waals surface area contributed by atoms with E-state index >= 15 is 0 Å². The Balaban J connectivity index is 1.29. The fraction of sp³-hybridized carbons (Fsp3) is 0.304. The van der Waals surface area contributed by atoms with Crippen molar-refractivity contribution >= 4 is 32.2 Å². The van der Waals surface area contributed by atoms with E-state index in [0.717, 1.165) is 43.0 Å². The molecule has 0 unspecified atom stereocenters. The third kappa shape index (κ3) is 4.02. The summed E-state index contributed by atoms with van der Waals surface area (Å²) in [5.74, 6) is -0.0317. The van der Waals surface area contributed by atoms with Crippen LogP contribution in [0.1, 0.15) is 47.8 Å².